The van der Waals surface area contributed by atoms with Crippen LogP contribution in [0.3, 0.4) is 0 Å². The molecule has 4 amide bonds. The van der Waals surface area contributed by atoms with Gasteiger partial charge in [-0.25, -0.2) is 0 Å². The number of halogens is 2. The average molecular weight is 798 g/mol. The van der Waals surface area contributed by atoms with Crippen LogP contribution in [-0.2, 0) is 35.9 Å². The summed E-state index contributed by atoms with van der Waals surface area (Å²) in [7, 11) is 1.54. The van der Waals surface area contributed by atoms with Crippen molar-refractivity contribution in [1.82, 2.24) is 5.01 Å². The molecule has 14 heteroatoms. The lowest BCUT2D eigenvalue weighted by Crippen LogP contribution is -2.53. The first kappa shape index (κ1) is 36.5. The number of allylic oxidation sites excluding steroid dienone is 2. The number of hydrogen-bond donors (Lipinski definition) is 2. The van der Waals surface area contributed by atoms with Gasteiger partial charge in [0.05, 0.1) is 60.4 Å². The van der Waals surface area contributed by atoms with Crippen molar-refractivity contribution in [3.8, 4) is 5.75 Å². The summed E-state index contributed by atoms with van der Waals surface area (Å²) in [4.78, 5) is 62.7. The van der Waals surface area contributed by atoms with Gasteiger partial charge < -0.3 is 23.9 Å². The molecule has 6 atom stereocenters. The normalized spacial score (nSPS) is 27.2. The van der Waals surface area contributed by atoms with E-state index in [2.05, 4.69) is 10.3 Å². The average Bonchev–Trinajstić information content (AvgIpc) is 3.86. The maximum Gasteiger partial charge on any atom is 0.260 e. The van der Waals surface area contributed by atoms with Crippen LogP contribution in [0.4, 0.5) is 17.1 Å². The number of anilines is 3. The molecule has 0 bridgehead atoms. The molecule has 3 aromatic carbocycles. The zero-order chi connectivity index (χ0) is 38.9. The van der Waals surface area contributed by atoms with E-state index in [0.29, 0.717) is 46.7 Å². The number of nitrogens with zero attached hydrogens (tertiary/aromatic N) is 3. The number of hydrogen-bond acceptors (Lipinski definition) is 10. The van der Waals surface area contributed by atoms with Gasteiger partial charge in [-0.3, -0.25) is 29.5 Å². The zero-order valence-electron chi connectivity index (χ0n) is 30.3. The minimum Gasteiger partial charge on any atom is -0.497 e. The number of carbonyl (C=O) groups is 4. The molecular formula is C42H38Cl2N4O8. The number of amides is 4. The number of furan rings is 1. The number of morpholine rings is 1. The molecule has 4 aromatic rings. The van der Waals surface area contributed by atoms with E-state index < -0.39 is 46.8 Å². The van der Waals surface area contributed by atoms with Crippen molar-refractivity contribution in [3.63, 3.8) is 0 Å². The maximum atomic E-state index is 15.4. The molecule has 4 heterocycles. The summed E-state index contributed by atoms with van der Waals surface area (Å²) in [6, 6.07) is 22.5. The van der Waals surface area contributed by atoms with Gasteiger partial charge in [-0.15, -0.1) is 0 Å². The number of imide groups is 2. The van der Waals surface area contributed by atoms with Crippen LogP contribution in [0.15, 0.2) is 94.9 Å². The standard InChI is InChI=1S/C42H38Cl2N4O8/c1-54-27-9-2-23(3-10-27)42-32(39(51)48(41(42)53)45-34-14-4-24(43)20-33(34)44)21-31-29(37(42)35-15-11-28(22-49)56-35)12-13-30-36(31)40(52)47(38(30)50)26-7-5-25(6-8-26)46-16-18-55-19-17-46/h2-12,14-15,20,30-32,36-37,45,49H,13,16-19,21-22H2,1H3/t30-,31+,32-,36-,37+,42+/m0/s1. The fourth-order valence-corrected chi connectivity index (χ4v) is 10.1. The Morgan fingerprint density at radius 2 is 1.61 bits per heavy atom. The molecule has 1 aromatic heterocycles. The van der Waals surface area contributed by atoms with Gasteiger partial charge in [0, 0.05) is 23.8 Å². The van der Waals surface area contributed by atoms with Crippen LogP contribution in [0.1, 0.15) is 35.8 Å². The van der Waals surface area contributed by atoms with Crippen LogP contribution in [0, 0.1) is 23.7 Å². The Morgan fingerprint density at radius 3 is 2.29 bits per heavy atom. The van der Waals surface area contributed by atoms with Gasteiger partial charge in [-0.05, 0) is 91.1 Å². The molecule has 288 valence electrons. The SMILES string of the molecule is COc1ccc([C@@]23C(=O)N(Nc4ccc(Cl)cc4Cl)C(=O)[C@@H]2C[C@@H]2C(=CC[C@@H]4C(=O)N(c5ccc(N6CCOCC6)cc5)C(=O)[C@@H]42)[C@@H]3c2ccc(CO)o2)cc1. The smallest absolute Gasteiger partial charge is 0.260 e. The number of ether oxygens (including phenoxy) is 2. The number of carbonyl (C=O) groups excluding carboxylic acids is 4. The predicted octanol–water partition coefficient (Wildman–Crippen LogP) is 6.11. The van der Waals surface area contributed by atoms with E-state index in [1.54, 1.807) is 67.8 Å². The first-order valence-corrected chi connectivity index (χ1v) is 19.4. The van der Waals surface area contributed by atoms with Gasteiger partial charge in [0.1, 0.15) is 29.3 Å². The molecule has 9 rings (SSSR count). The first-order valence-electron chi connectivity index (χ1n) is 18.6. The molecule has 56 heavy (non-hydrogen) atoms. The molecular weight excluding hydrogens is 759 g/mol. The molecule has 0 radical (unpaired) electrons. The highest BCUT2D eigenvalue weighted by molar-refractivity contribution is 6.36. The quantitative estimate of drug-likeness (QED) is 0.158. The zero-order valence-corrected chi connectivity index (χ0v) is 31.8. The predicted molar refractivity (Wildman–Crippen MR) is 207 cm³/mol. The van der Waals surface area contributed by atoms with Gasteiger partial charge in [-0.1, -0.05) is 47.0 Å². The summed E-state index contributed by atoms with van der Waals surface area (Å²) >= 11 is 12.7. The van der Waals surface area contributed by atoms with Crippen molar-refractivity contribution in [2.45, 2.75) is 30.8 Å². The van der Waals surface area contributed by atoms with Crippen LogP contribution in [0.2, 0.25) is 10.0 Å². The van der Waals surface area contributed by atoms with Crippen molar-refractivity contribution >= 4 is 63.9 Å². The molecule has 0 spiro atoms. The molecule has 2 aliphatic carbocycles. The summed E-state index contributed by atoms with van der Waals surface area (Å²) in [6.07, 6.45) is 2.31. The lowest BCUT2D eigenvalue weighted by atomic mass is 9.50. The van der Waals surface area contributed by atoms with Crippen molar-refractivity contribution in [2.75, 3.05) is 48.6 Å². The van der Waals surface area contributed by atoms with Crippen molar-refractivity contribution in [2.24, 2.45) is 23.7 Å². The summed E-state index contributed by atoms with van der Waals surface area (Å²) in [5.41, 5.74) is 4.44. The molecule has 3 saturated heterocycles. The Hall–Kier alpha value is -5.14. The number of hydrazine groups is 1. The third-order valence-corrected chi connectivity index (χ3v) is 12.7. The summed E-state index contributed by atoms with van der Waals surface area (Å²) in [6.45, 7) is 2.36. The summed E-state index contributed by atoms with van der Waals surface area (Å²) in [5.74, 6) is -4.49. The molecule has 3 aliphatic heterocycles. The summed E-state index contributed by atoms with van der Waals surface area (Å²) < 4.78 is 17.2. The number of rotatable bonds is 8. The van der Waals surface area contributed by atoms with E-state index in [4.69, 9.17) is 37.1 Å². The first-order chi connectivity index (χ1) is 27.1. The molecule has 4 fully saturated rings. The highest BCUT2D eigenvalue weighted by Gasteiger charge is 2.71. The van der Waals surface area contributed by atoms with Crippen molar-refractivity contribution in [3.05, 3.63) is 118 Å². The van der Waals surface area contributed by atoms with Gasteiger partial charge >= 0.3 is 0 Å². The highest BCUT2D eigenvalue weighted by Crippen LogP contribution is 2.64. The lowest BCUT2D eigenvalue weighted by molar-refractivity contribution is -0.138. The van der Waals surface area contributed by atoms with Crippen LogP contribution in [0.25, 0.3) is 0 Å². The van der Waals surface area contributed by atoms with Crippen LogP contribution in [-0.4, -0.2) is 67.2 Å². The Bertz CT molecular complexity index is 2270. The number of aliphatic hydroxyl groups is 1. The number of fused-ring (bicyclic) bond motifs is 4. The Balaban J connectivity index is 1.16. The van der Waals surface area contributed by atoms with Crippen LogP contribution >= 0.6 is 23.2 Å². The van der Waals surface area contributed by atoms with Crippen molar-refractivity contribution < 1.29 is 38.2 Å². The van der Waals surface area contributed by atoms with Gasteiger partial charge in [0.25, 0.3) is 11.8 Å². The summed E-state index contributed by atoms with van der Waals surface area (Å²) in [5, 5.41) is 11.7. The van der Waals surface area contributed by atoms with Gasteiger partial charge in [0.15, 0.2) is 0 Å². The Morgan fingerprint density at radius 1 is 0.875 bits per heavy atom. The van der Waals surface area contributed by atoms with E-state index >= 15 is 4.79 Å². The number of nitrogens with one attached hydrogen (secondary N) is 1. The third kappa shape index (κ3) is 5.56. The fraction of sp³-hybridized carbons (Fsp3) is 0.333. The van der Waals surface area contributed by atoms with E-state index in [0.717, 1.165) is 29.4 Å². The van der Waals surface area contributed by atoms with Crippen molar-refractivity contribution in [1.29, 1.82) is 0 Å². The number of benzene rings is 3. The lowest BCUT2D eigenvalue weighted by Gasteiger charge is -2.49. The number of methoxy groups -OCH3 is 1. The monoisotopic (exact) mass is 796 g/mol. The molecule has 5 aliphatic rings. The van der Waals surface area contributed by atoms with E-state index in [9.17, 15) is 19.5 Å². The molecule has 12 nitrogen and oxygen atoms in total. The fourth-order valence-electron chi connectivity index (χ4n) is 9.67. The second-order valence-corrected chi connectivity index (χ2v) is 15.6. The minimum atomic E-state index is -1.57. The Labute approximate surface area is 332 Å². The Kier molecular flexibility index (Phi) is 9.19. The third-order valence-electron chi connectivity index (χ3n) is 12.2. The van der Waals surface area contributed by atoms with Gasteiger partial charge in [-0.2, -0.15) is 5.01 Å². The minimum absolute atomic E-state index is 0.100. The van der Waals surface area contributed by atoms with Gasteiger partial charge in [0.2, 0.25) is 11.8 Å². The molecule has 2 N–H and O–H groups in total. The van der Waals surface area contributed by atoms with E-state index in [1.165, 1.54) is 11.0 Å². The molecule has 1 saturated carbocycles. The highest BCUT2D eigenvalue weighted by atomic mass is 35.5. The maximum absolute atomic E-state index is 15.4. The topological polar surface area (TPSA) is 142 Å². The van der Waals surface area contributed by atoms with E-state index in [-0.39, 0.29) is 42.0 Å². The second-order valence-electron chi connectivity index (χ2n) is 14.8. The van der Waals surface area contributed by atoms with E-state index in [1.807, 2.05) is 18.2 Å². The van der Waals surface area contributed by atoms with Crippen LogP contribution < -0.4 is 20.0 Å². The molecule has 0 unspecified atom stereocenters. The number of aliphatic hydroxyl groups excluding tert-OH is 1. The van der Waals surface area contributed by atoms with Crippen LogP contribution in [0.5, 0.6) is 5.75 Å². The second kappa shape index (κ2) is 14.1. The largest absolute Gasteiger partial charge is 0.497 e.